The third-order valence-electron chi connectivity index (χ3n) is 3.44. The molecule has 0 fully saturated rings. The van der Waals surface area contributed by atoms with Crippen LogP contribution in [0.5, 0.6) is 0 Å². The summed E-state index contributed by atoms with van der Waals surface area (Å²) >= 11 is -10.0. The average Bonchev–Trinajstić information content (AvgIpc) is 2.70. The first kappa shape index (κ1) is 29.9. The molecule has 3 aromatic rings. The Morgan fingerprint density at radius 1 is 0.452 bits per heavy atom. The summed E-state index contributed by atoms with van der Waals surface area (Å²) in [6.45, 7) is 0. The second-order valence-corrected chi connectivity index (χ2v) is 13.0. The Hall–Kier alpha value is -1.10. The van der Waals surface area contributed by atoms with Gasteiger partial charge in [0.15, 0.2) is 0 Å². The number of nitrogens with two attached hydrogens (primary N) is 3. The monoisotopic (exact) mass is 809 g/mol. The van der Waals surface area contributed by atoms with Crippen LogP contribution in [0, 0.1) is 0 Å². The first-order chi connectivity index (χ1) is 14.1. The number of hydrogen-bond donors (Lipinski definition) is 3. The molecule has 0 saturated heterocycles. The number of rotatable bonds is 3. The van der Waals surface area contributed by atoms with E-state index in [1.807, 2.05) is 0 Å². The molecule has 0 aliphatic carbocycles. The van der Waals surface area contributed by atoms with Gasteiger partial charge in [-0.15, -0.1) is 0 Å². The smallest absolute Gasteiger partial charge is 3.00 e. The van der Waals surface area contributed by atoms with Crippen molar-refractivity contribution >= 4 is 101 Å². The summed E-state index contributed by atoms with van der Waals surface area (Å²) in [5.41, 5.74) is 17.8. The summed E-state index contributed by atoms with van der Waals surface area (Å²) in [7, 11) is 0. The van der Waals surface area contributed by atoms with Gasteiger partial charge < -0.3 is 0 Å². The van der Waals surface area contributed by atoms with Gasteiger partial charge >= 0.3 is 215 Å². The maximum absolute atomic E-state index is 10.4. The van der Waals surface area contributed by atoms with E-state index in [0.717, 1.165) is 0 Å². The van der Waals surface area contributed by atoms with Crippen LogP contribution in [0.15, 0.2) is 72.8 Å². The van der Waals surface area contributed by atoms with Crippen molar-refractivity contribution in [3.8, 4) is 0 Å². The van der Waals surface area contributed by atoms with E-state index in [4.69, 9.17) is 17.2 Å². The Morgan fingerprint density at radius 3 is 0.742 bits per heavy atom. The fraction of sp³-hybridized carbons (Fsp3) is 0. The number of nitrogen functional groups attached to an aromatic ring is 3. The van der Waals surface area contributed by atoms with Crippen molar-refractivity contribution in [1.82, 2.24) is 0 Å². The second kappa shape index (κ2) is 15.7. The molecule has 0 amide bonds. The van der Waals surface area contributed by atoms with Crippen LogP contribution in [0.1, 0.15) is 0 Å². The van der Waals surface area contributed by atoms with Gasteiger partial charge in [0, 0.05) is 0 Å². The van der Waals surface area contributed by atoms with Crippen molar-refractivity contribution in [2.24, 2.45) is 0 Å². The summed E-state index contributed by atoms with van der Waals surface area (Å²) in [4.78, 5) is 0. The Bertz CT molecular complexity index is 872. The normalized spacial score (nSPS) is 12.5. The third kappa shape index (κ3) is 12.5. The SMILES string of the molecule is Nc1ccc([AsH](=O)[O-])cc1.Nc1ccc([AsH](=O)[O-])cc1.Nc1ccc([AsH](=O)[O-])cc1.[Bi+3]. The maximum Gasteiger partial charge on any atom is 3.00 e. The zero-order valence-electron chi connectivity index (χ0n) is 16.1. The van der Waals surface area contributed by atoms with Crippen LogP contribution in [0.4, 0.5) is 17.1 Å². The largest absolute Gasteiger partial charge is 3.00 e. The molecule has 13 heteroatoms. The molecule has 0 saturated carbocycles. The summed E-state index contributed by atoms with van der Waals surface area (Å²) in [5.74, 6) is 0. The molecule has 0 aliphatic rings. The molecule has 3 atom stereocenters. The van der Waals surface area contributed by atoms with Gasteiger partial charge in [0.2, 0.25) is 0 Å². The number of anilines is 3. The Labute approximate surface area is 212 Å². The molecule has 31 heavy (non-hydrogen) atoms. The molecule has 3 unspecified atom stereocenters. The predicted octanol–water partition coefficient (Wildman–Crippen LogP) is -4.92. The molecule has 0 aliphatic heterocycles. The van der Waals surface area contributed by atoms with Gasteiger partial charge in [-0.2, -0.15) is 0 Å². The molecule has 0 heterocycles. The Kier molecular flexibility index (Phi) is 15.1. The summed E-state index contributed by atoms with van der Waals surface area (Å²) in [6, 6.07) is 18.6. The van der Waals surface area contributed by atoms with Gasteiger partial charge in [-0.1, -0.05) is 0 Å². The summed E-state index contributed by atoms with van der Waals surface area (Å²) in [5, 5.41) is 0. The van der Waals surface area contributed by atoms with Crippen molar-refractivity contribution < 1.29 is 23.5 Å². The molecular formula is C18H21As3BiN3O6. The molecule has 0 spiro atoms. The van der Waals surface area contributed by atoms with E-state index in [1.54, 1.807) is 36.4 Å². The van der Waals surface area contributed by atoms with E-state index < -0.39 is 44.8 Å². The minimum atomic E-state index is -3.35. The van der Waals surface area contributed by atoms with Crippen molar-refractivity contribution in [2.75, 3.05) is 17.2 Å². The maximum atomic E-state index is 10.4. The van der Waals surface area contributed by atoms with E-state index in [1.165, 1.54) is 36.4 Å². The van der Waals surface area contributed by atoms with E-state index in [9.17, 15) is 23.5 Å². The molecule has 2 radical (unpaired) electrons. The van der Waals surface area contributed by atoms with Crippen molar-refractivity contribution in [3.63, 3.8) is 0 Å². The van der Waals surface area contributed by atoms with Crippen molar-refractivity contribution in [3.05, 3.63) is 72.8 Å². The number of hydrogen-bond acceptors (Lipinski definition) is 9. The topological polar surface area (TPSA) is 198 Å². The van der Waals surface area contributed by atoms with Gasteiger partial charge in [-0.3, -0.25) is 0 Å². The summed E-state index contributed by atoms with van der Waals surface area (Å²) < 4.78 is 63.7. The molecule has 0 bridgehead atoms. The molecule has 3 aromatic carbocycles. The van der Waals surface area contributed by atoms with E-state index in [2.05, 4.69) is 0 Å². The molecule has 3 rings (SSSR count). The van der Waals surface area contributed by atoms with Gasteiger partial charge in [0.1, 0.15) is 0 Å². The summed E-state index contributed by atoms with van der Waals surface area (Å²) in [6.07, 6.45) is 0. The minimum Gasteiger partial charge on any atom is 3.00 e. The fourth-order valence-electron chi connectivity index (χ4n) is 1.86. The number of benzene rings is 3. The van der Waals surface area contributed by atoms with Gasteiger partial charge in [-0.05, 0) is 0 Å². The van der Waals surface area contributed by atoms with Gasteiger partial charge in [0.05, 0.1) is 0 Å². The van der Waals surface area contributed by atoms with Crippen molar-refractivity contribution in [1.29, 1.82) is 0 Å². The van der Waals surface area contributed by atoms with Crippen LogP contribution < -0.4 is 42.5 Å². The van der Waals surface area contributed by atoms with Gasteiger partial charge in [-0.25, -0.2) is 0 Å². The molecule has 9 nitrogen and oxygen atoms in total. The first-order valence-electron chi connectivity index (χ1n) is 8.30. The van der Waals surface area contributed by atoms with Crippen LogP contribution in [0.2, 0.25) is 0 Å². The fourth-order valence-corrected chi connectivity index (χ4v) is 4.62. The minimum absolute atomic E-state index is 0. The predicted molar refractivity (Wildman–Crippen MR) is 121 cm³/mol. The first-order valence-corrected chi connectivity index (χ1v) is 16.6. The van der Waals surface area contributed by atoms with Crippen LogP contribution >= 0.6 is 0 Å². The quantitative estimate of drug-likeness (QED) is 0.172. The second-order valence-electron chi connectivity index (χ2n) is 5.73. The zero-order chi connectivity index (χ0) is 22.7. The van der Waals surface area contributed by atoms with E-state index >= 15 is 0 Å². The van der Waals surface area contributed by atoms with Crippen molar-refractivity contribution in [2.45, 2.75) is 0 Å². The van der Waals surface area contributed by atoms with Crippen LogP contribution in [-0.4, -0.2) is 71.0 Å². The zero-order valence-corrected chi connectivity index (χ0v) is 25.8. The molecule has 164 valence electrons. The van der Waals surface area contributed by atoms with E-state index in [0.29, 0.717) is 30.1 Å². The van der Waals surface area contributed by atoms with Crippen LogP contribution in [-0.2, 0) is 11.2 Å². The third-order valence-corrected chi connectivity index (χ3v) is 8.50. The average molecular weight is 809 g/mol. The standard InChI is InChI=1S/3C6H8AsNO2.Bi/c3*8-6-3-1-5(2-4-6)7(9)10;/h3*1-4,7H,8H2,(H,9,10);/q;;;+3/p-3. The Balaban J connectivity index is 0.000000429. The molecule has 6 N–H and O–H groups in total. The Morgan fingerprint density at radius 2 is 0.613 bits per heavy atom. The van der Waals surface area contributed by atoms with Crippen LogP contribution in [0.3, 0.4) is 0 Å². The molecular weight excluding hydrogens is 788 g/mol. The van der Waals surface area contributed by atoms with E-state index in [-0.39, 0.29) is 26.2 Å². The van der Waals surface area contributed by atoms with Crippen LogP contribution in [0.25, 0.3) is 0 Å². The van der Waals surface area contributed by atoms with Gasteiger partial charge in [0.25, 0.3) is 0 Å². The molecule has 0 aromatic heterocycles.